The molecule has 1 heterocycles. The van der Waals surface area contributed by atoms with Crippen molar-refractivity contribution in [1.29, 1.82) is 0 Å². The largest absolute Gasteiger partial charge is 0.326 e. The molecule has 0 radical (unpaired) electrons. The molecule has 0 amide bonds. The maximum Gasteiger partial charge on any atom is 0.271 e. The Morgan fingerprint density at radius 3 is 2.60 bits per heavy atom. The van der Waals surface area contributed by atoms with Crippen LogP contribution in [0.25, 0.3) is 0 Å². The lowest BCUT2D eigenvalue weighted by atomic mass is 10.1. The van der Waals surface area contributed by atoms with Gasteiger partial charge in [0.05, 0.1) is 5.69 Å². The first kappa shape index (κ1) is 15.0. The Hall–Kier alpha value is -1.37. The zero-order valence-electron chi connectivity index (χ0n) is 11.5. The summed E-state index contributed by atoms with van der Waals surface area (Å²) in [5.74, 6) is 0. The molecule has 1 aromatic carbocycles. The second-order valence-corrected chi connectivity index (χ2v) is 7.54. The maximum absolute atomic E-state index is 12.4. The maximum atomic E-state index is 12.4. The normalized spacial score (nSPS) is 11.6. The number of hydrogen-bond acceptors (Lipinski definition) is 4. The molecule has 2 rings (SSSR count). The summed E-state index contributed by atoms with van der Waals surface area (Å²) in [6.45, 7) is 4.23. The van der Waals surface area contributed by atoms with E-state index in [0.717, 1.165) is 22.4 Å². The summed E-state index contributed by atoms with van der Waals surface area (Å²) in [6.07, 6.45) is 0.774. The van der Waals surface area contributed by atoms with Gasteiger partial charge in [0.25, 0.3) is 10.0 Å². The van der Waals surface area contributed by atoms with Crippen molar-refractivity contribution in [3.05, 3.63) is 46.3 Å². The highest BCUT2D eigenvalue weighted by Gasteiger charge is 2.19. The van der Waals surface area contributed by atoms with Crippen molar-refractivity contribution in [2.75, 3.05) is 4.72 Å². The van der Waals surface area contributed by atoms with Crippen molar-refractivity contribution in [3.63, 3.8) is 0 Å². The van der Waals surface area contributed by atoms with E-state index in [2.05, 4.69) is 4.72 Å². The fraction of sp³-hybridized carbons (Fsp3) is 0.286. The molecule has 0 unspecified atom stereocenters. The summed E-state index contributed by atoms with van der Waals surface area (Å²) in [5.41, 5.74) is 8.13. The molecular weight excluding hydrogens is 292 g/mol. The van der Waals surface area contributed by atoms with E-state index in [0.29, 0.717) is 16.4 Å². The van der Waals surface area contributed by atoms with Crippen LogP contribution in [-0.4, -0.2) is 8.42 Å². The summed E-state index contributed by atoms with van der Waals surface area (Å²) in [5, 5.41) is 0. The van der Waals surface area contributed by atoms with E-state index in [1.54, 1.807) is 12.1 Å². The summed E-state index contributed by atoms with van der Waals surface area (Å²) in [6, 6.07) is 9.09. The Balaban J connectivity index is 2.35. The van der Waals surface area contributed by atoms with Gasteiger partial charge in [0, 0.05) is 11.4 Å². The minimum atomic E-state index is -3.54. The Kier molecular flexibility index (Phi) is 4.47. The Morgan fingerprint density at radius 2 is 2.00 bits per heavy atom. The van der Waals surface area contributed by atoms with Crippen LogP contribution in [0.4, 0.5) is 5.69 Å². The number of benzene rings is 1. The number of para-hydroxylation sites is 1. The predicted molar refractivity (Wildman–Crippen MR) is 83.6 cm³/mol. The lowest BCUT2D eigenvalue weighted by Gasteiger charge is -2.10. The molecule has 20 heavy (non-hydrogen) atoms. The number of rotatable bonds is 5. The third-order valence-corrected chi connectivity index (χ3v) is 6.19. The van der Waals surface area contributed by atoms with Crippen LogP contribution in [-0.2, 0) is 23.0 Å². The number of anilines is 1. The highest BCUT2D eigenvalue weighted by molar-refractivity contribution is 7.94. The quantitative estimate of drug-likeness (QED) is 0.892. The van der Waals surface area contributed by atoms with Crippen molar-refractivity contribution in [3.8, 4) is 0 Å². The first-order valence-corrected chi connectivity index (χ1v) is 8.68. The number of aryl methyl sites for hydroxylation is 2. The van der Waals surface area contributed by atoms with E-state index >= 15 is 0 Å². The Labute approximate surface area is 123 Å². The van der Waals surface area contributed by atoms with Crippen LogP contribution in [0.1, 0.15) is 22.9 Å². The first-order chi connectivity index (χ1) is 9.47. The van der Waals surface area contributed by atoms with E-state index in [1.165, 1.54) is 11.3 Å². The topological polar surface area (TPSA) is 72.2 Å². The second-order valence-electron chi connectivity index (χ2n) is 4.49. The van der Waals surface area contributed by atoms with Gasteiger partial charge < -0.3 is 5.73 Å². The van der Waals surface area contributed by atoms with E-state index < -0.39 is 10.0 Å². The van der Waals surface area contributed by atoms with Gasteiger partial charge in [-0.3, -0.25) is 4.72 Å². The van der Waals surface area contributed by atoms with Gasteiger partial charge in [0.2, 0.25) is 0 Å². The Bertz CT molecular complexity index is 706. The highest BCUT2D eigenvalue weighted by atomic mass is 32.2. The molecular formula is C14H18N2O2S2. The van der Waals surface area contributed by atoms with Crippen LogP contribution < -0.4 is 10.5 Å². The van der Waals surface area contributed by atoms with Crippen molar-refractivity contribution in [2.45, 2.75) is 31.0 Å². The molecule has 108 valence electrons. The van der Waals surface area contributed by atoms with Gasteiger partial charge in [-0.15, -0.1) is 11.3 Å². The third-order valence-electron chi connectivity index (χ3n) is 3.09. The van der Waals surface area contributed by atoms with E-state index in [4.69, 9.17) is 5.73 Å². The van der Waals surface area contributed by atoms with Crippen LogP contribution >= 0.6 is 11.3 Å². The number of sulfonamides is 1. The van der Waals surface area contributed by atoms with Gasteiger partial charge in [-0.1, -0.05) is 25.1 Å². The third kappa shape index (κ3) is 3.03. The zero-order valence-corrected chi connectivity index (χ0v) is 13.1. The predicted octanol–water partition coefficient (Wildman–Crippen LogP) is 2.88. The van der Waals surface area contributed by atoms with Gasteiger partial charge in [-0.2, -0.15) is 0 Å². The molecule has 2 aromatic rings. The minimum Gasteiger partial charge on any atom is -0.326 e. The average molecular weight is 310 g/mol. The number of nitrogens with one attached hydrogen (secondary N) is 1. The van der Waals surface area contributed by atoms with Gasteiger partial charge >= 0.3 is 0 Å². The molecule has 0 aliphatic rings. The standard InChI is InChI=1S/C14H18N2O2S2/c1-3-11-6-4-5-7-12(11)16-20(17,18)14-8-10(2)13(9-15)19-14/h4-8,16H,3,9,15H2,1-2H3. The average Bonchev–Trinajstić information content (AvgIpc) is 2.81. The van der Waals surface area contributed by atoms with Crippen LogP contribution in [0.2, 0.25) is 0 Å². The molecule has 0 fully saturated rings. The van der Waals surface area contributed by atoms with Gasteiger partial charge in [-0.25, -0.2) is 8.42 Å². The van der Waals surface area contributed by atoms with Crippen LogP contribution in [0.15, 0.2) is 34.5 Å². The summed E-state index contributed by atoms with van der Waals surface area (Å²) in [7, 11) is -3.54. The molecule has 6 heteroatoms. The molecule has 0 saturated heterocycles. The SMILES string of the molecule is CCc1ccccc1NS(=O)(=O)c1cc(C)c(CN)s1. The summed E-state index contributed by atoms with van der Waals surface area (Å²) >= 11 is 1.22. The lowest BCUT2D eigenvalue weighted by molar-refractivity contribution is 0.603. The smallest absolute Gasteiger partial charge is 0.271 e. The molecule has 0 spiro atoms. The van der Waals surface area contributed by atoms with Crippen molar-refractivity contribution in [1.82, 2.24) is 0 Å². The number of nitrogens with two attached hydrogens (primary N) is 1. The molecule has 0 aliphatic heterocycles. The molecule has 0 bridgehead atoms. The van der Waals surface area contributed by atoms with Crippen molar-refractivity contribution in [2.24, 2.45) is 5.73 Å². The molecule has 1 aromatic heterocycles. The highest BCUT2D eigenvalue weighted by Crippen LogP contribution is 2.28. The van der Waals surface area contributed by atoms with E-state index in [1.807, 2.05) is 32.0 Å². The summed E-state index contributed by atoms with van der Waals surface area (Å²) in [4.78, 5) is 0.897. The first-order valence-electron chi connectivity index (χ1n) is 6.38. The lowest BCUT2D eigenvalue weighted by Crippen LogP contribution is -2.12. The van der Waals surface area contributed by atoms with Gasteiger partial charge in [0.1, 0.15) is 4.21 Å². The van der Waals surface area contributed by atoms with Crippen molar-refractivity contribution >= 4 is 27.0 Å². The molecule has 0 saturated carbocycles. The zero-order chi connectivity index (χ0) is 14.8. The molecule has 0 aliphatic carbocycles. The van der Waals surface area contributed by atoms with Crippen LogP contribution in [0.3, 0.4) is 0 Å². The van der Waals surface area contributed by atoms with Crippen LogP contribution in [0, 0.1) is 6.92 Å². The number of thiophene rings is 1. The molecule has 3 N–H and O–H groups in total. The minimum absolute atomic E-state index is 0.307. The van der Waals surface area contributed by atoms with E-state index in [9.17, 15) is 8.42 Å². The monoisotopic (exact) mass is 310 g/mol. The second kappa shape index (κ2) is 5.95. The van der Waals surface area contributed by atoms with Crippen LogP contribution in [0.5, 0.6) is 0 Å². The van der Waals surface area contributed by atoms with Gasteiger partial charge in [0.15, 0.2) is 0 Å². The van der Waals surface area contributed by atoms with Crippen molar-refractivity contribution < 1.29 is 8.42 Å². The fourth-order valence-electron chi connectivity index (χ4n) is 1.95. The van der Waals surface area contributed by atoms with E-state index in [-0.39, 0.29) is 0 Å². The fourth-order valence-corrected chi connectivity index (χ4v) is 4.52. The molecule has 4 nitrogen and oxygen atoms in total. The Morgan fingerprint density at radius 1 is 1.30 bits per heavy atom. The molecule has 0 atom stereocenters. The summed E-state index contributed by atoms with van der Waals surface area (Å²) < 4.78 is 27.8. The van der Waals surface area contributed by atoms with Gasteiger partial charge in [-0.05, 0) is 36.6 Å². The number of hydrogen-bond donors (Lipinski definition) is 2.